The number of rotatable bonds is 13. The molecule has 0 aliphatic carbocycles. The fraction of sp³-hybridized carbons (Fsp3) is 0.296. The number of nitrogens with one attached hydrogen (secondary N) is 4. The number of halogens is 3. The average molecular weight is 581 g/mol. The summed E-state index contributed by atoms with van der Waals surface area (Å²) in [5.41, 5.74) is 2.66. The molecule has 2 rings (SSSR count). The zero-order valence-corrected chi connectivity index (χ0v) is 21.9. The molecule has 0 fully saturated rings. The Bertz CT molecular complexity index is 1170. The lowest BCUT2D eigenvalue weighted by Gasteiger charge is -2.18. The van der Waals surface area contributed by atoms with Crippen LogP contribution in [0.15, 0.2) is 67.3 Å². The first kappa shape index (κ1) is 34.1. The zero-order chi connectivity index (χ0) is 30.8. The molecule has 4 amide bonds. The Kier molecular flexibility index (Phi) is 14.7. The van der Waals surface area contributed by atoms with Crippen LogP contribution in [0.1, 0.15) is 30.9 Å². The van der Waals surface area contributed by atoms with Gasteiger partial charge in [0.2, 0.25) is 11.8 Å². The number of hydrogen-bond acceptors (Lipinski definition) is 5. The van der Waals surface area contributed by atoms with Crippen molar-refractivity contribution < 1.29 is 47.4 Å². The molecule has 11 nitrogen and oxygen atoms in total. The molecule has 0 saturated carbocycles. The van der Waals surface area contributed by atoms with Crippen molar-refractivity contribution >= 4 is 29.8 Å². The lowest BCUT2D eigenvalue weighted by molar-refractivity contribution is -0.192. The van der Waals surface area contributed by atoms with Gasteiger partial charge in [0, 0.05) is 19.5 Å². The van der Waals surface area contributed by atoms with Gasteiger partial charge < -0.3 is 31.5 Å². The SMILES string of the molecule is C=CCNC(=O)NCCCC(=O)NCC(=O)NC(CC(=O)O)c1ccc(-c2ccccc2)cc1.O=C(O)C(F)(F)F. The molecule has 0 aliphatic rings. The second-order valence-electron chi connectivity index (χ2n) is 8.31. The summed E-state index contributed by atoms with van der Waals surface area (Å²) >= 11 is 0. The van der Waals surface area contributed by atoms with Crippen LogP contribution in [0.25, 0.3) is 11.1 Å². The van der Waals surface area contributed by atoms with Gasteiger partial charge in [-0.1, -0.05) is 60.7 Å². The van der Waals surface area contributed by atoms with Crippen LogP contribution >= 0.6 is 0 Å². The topological polar surface area (TPSA) is 174 Å². The highest BCUT2D eigenvalue weighted by atomic mass is 19.4. The van der Waals surface area contributed by atoms with Crippen molar-refractivity contribution in [2.24, 2.45) is 0 Å². The quantitative estimate of drug-likeness (QED) is 0.156. The lowest BCUT2D eigenvalue weighted by Crippen LogP contribution is -2.39. The van der Waals surface area contributed by atoms with Crippen molar-refractivity contribution in [2.45, 2.75) is 31.5 Å². The standard InChI is InChI=1S/C25H30N4O5.C2HF3O2/c1-2-14-26-25(34)27-15-6-9-22(30)28-17-23(31)29-21(16-24(32)33)20-12-10-19(11-13-20)18-7-4-3-5-8-18;3-2(4,5)1(6)7/h2-5,7-8,10-13,21H,1,6,9,14-17H2,(H,28,30)(H,29,31)(H,32,33)(H2,26,27,34);(H,6,7). The van der Waals surface area contributed by atoms with E-state index in [1.165, 1.54) is 0 Å². The van der Waals surface area contributed by atoms with Gasteiger partial charge in [-0.25, -0.2) is 9.59 Å². The minimum atomic E-state index is -5.08. The summed E-state index contributed by atoms with van der Waals surface area (Å²) in [4.78, 5) is 55.9. The molecule has 6 N–H and O–H groups in total. The van der Waals surface area contributed by atoms with E-state index in [2.05, 4.69) is 27.8 Å². The van der Waals surface area contributed by atoms with Crippen molar-refractivity contribution in [3.63, 3.8) is 0 Å². The molecular formula is C27H31F3N4O7. The van der Waals surface area contributed by atoms with Crippen molar-refractivity contribution in [3.8, 4) is 11.1 Å². The van der Waals surface area contributed by atoms with Gasteiger partial charge in [0.25, 0.3) is 0 Å². The molecule has 1 unspecified atom stereocenters. The third-order valence-corrected chi connectivity index (χ3v) is 5.10. The number of aliphatic carboxylic acids is 2. The normalized spacial score (nSPS) is 11.1. The van der Waals surface area contributed by atoms with Gasteiger partial charge in [0.1, 0.15) is 0 Å². The van der Waals surface area contributed by atoms with Crippen molar-refractivity contribution in [1.82, 2.24) is 21.3 Å². The van der Waals surface area contributed by atoms with Gasteiger partial charge in [-0.15, -0.1) is 6.58 Å². The van der Waals surface area contributed by atoms with Crippen molar-refractivity contribution in [2.75, 3.05) is 19.6 Å². The Morgan fingerprint density at radius 2 is 1.44 bits per heavy atom. The first-order valence-corrected chi connectivity index (χ1v) is 12.2. The van der Waals surface area contributed by atoms with Crippen LogP contribution in [0.3, 0.4) is 0 Å². The number of carbonyl (C=O) groups excluding carboxylic acids is 3. The average Bonchev–Trinajstić information content (AvgIpc) is 2.93. The second kappa shape index (κ2) is 17.7. The smallest absolute Gasteiger partial charge is 0.481 e. The third-order valence-electron chi connectivity index (χ3n) is 5.10. The molecule has 0 aromatic heterocycles. The Labute approximate surface area is 233 Å². The maximum absolute atomic E-state index is 12.3. The van der Waals surface area contributed by atoms with E-state index in [1.54, 1.807) is 18.2 Å². The van der Waals surface area contributed by atoms with Gasteiger partial charge in [-0.05, 0) is 23.1 Å². The summed E-state index contributed by atoms with van der Waals surface area (Å²) in [7, 11) is 0. The summed E-state index contributed by atoms with van der Waals surface area (Å²) in [5, 5.41) is 26.7. The van der Waals surface area contributed by atoms with E-state index in [9.17, 15) is 37.5 Å². The highest BCUT2D eigenvalue weighted by molar-refractivity contribution is 5.85. The largest absolute Gasteiger partial charge is 0.490 e. The van der Waals surface area contributed by atoms with Crippen molar-refractivity contribution in [1.29, 1.82) is 0 Å². The maximum Gasteiger partial charge on any atom is 0.490 e. The number of alkyl halides is 3. The Hall–Kier alpha value is -4.88. The molecule has 2 aromatic carbocycles. The molecular weight excluding hydrogens is 549 g/mol. The van der Waals surface area contributed by atoms with Crippen LogP contribution in [0.2, 0.25) is 0 Å². The minimum Gasteiger partial charge on any atom is -0.481 e. The van der Waals surface area contributed by atoms with Crippen molar-refractivity contribution in [3.05, 3.63) is 72.8 Å². The van der Waals surface area contributed by atoms with Crippen LogP contribution < -0.4 is 21.3 Å². The van der Waals surface area contributed by atoms with E-state index < -0.39 is 30.1 Å². The highest BCUT2D eigenvalue weighted by Gasteiger charge is 2.38. The molecule has 0 spiro atoms. The molecule has 0 radical (unpaired) electrons. The summed E-state index contributed by atoms with van der Waals surface area (Å²) in [5.74, 6) is -4.64. The first-order chi connectivity index (χ1) is 19.3. The van der Waals surface area contributed by atoms with Crippen LogP contribution in [-0.4, -0.2) is 65.8 Å². The monoisotopic (exact) mass is 580 g/mol. The molecule has 222 valence electrons. The number of urea groups is 1. The molecule has 2 aromatic rings. The highest BCUT2D eigenvalue weighted by Crippen LogP contribution is 2.23. The number of benzene rings is 2. The Morgan fingerprint density at radius 3 is 1.98 bits per heavy atom. The molecule has 0 aliphatic heterocycles. The van der Waals surface area contributed by atoms with Gasteiger partial charge in [-0.3, -0.25) is 14.4 Å². The number of carboxylic acid groups (broad SMARTS) is 2. The summed E-state index contributed by atoms with van der Waals surface area (Å²) < 4.78 is 31.7. The maximum atomic E-state index is 12.3. The molecule has 0 saturated heterocycles. The van der Waals surface area contributed by atoms with Gasteiger partial charge in [-0.2, -0.15) is 13.2 Å². The molecule has 0 bridgehead atoms. The van der Waals surface area contributed by atoms with E-state index in [-0.39, 0.29) is 31.3 Å². The van der Waals surface area contributed by atoms with Crippen LogP contribution in [0.4, 0.5) is 18.0 Å². The summed E-state index contributed by atoms with van der Waals surface area (Å²) in [6, 6.07) is 16.0. The first-order valence-electron chi connectivity index (χ1n) is 12.2. The number of carboxylic acids is 2. The van der Waals surface area contributed by atoms with E-state index in [0.29, 0.717) is 25.1 Å². The van der Waals surface area contributed by atoms with Gasteiger partial charge in [0.05, 0.1) is 19.0 Å². The molecule has 0 heterocycles. The number of amides is 4. The number of hydrogen-bond donors (Lipinski definition) is 6. The number of carbonyl (C=O) groups is 5. The second-order valence-corrected chi connectivity index (χ2v) is 8.31. The van der Waals surface area contributed by atoms with Gasteiger partial charge in [0.15, 0.2) is 0 Å². The van der Waals surface area contributed by atoms with E-state index >= 15 is 0 Å². The van der Waals surface area contributed by atoms with Crippen LogP contribution in [0, 0.1) is 0 Å². The summed E-state index contributed by atoms with van der Waals surface area (Å²) in [6.45, 7) is 3.88. The third kappa shape index (κ3) is 14.7. The molecule has 1 atom stereocenters. The van der Waals surface area contributed by atoms with Crippen LogP contribution in [-0.2, 0) is 19.2 Å². The van der Waals surface area contributed by atoms with Crippen LogP contribution in [0.5, 0.6) is 0 Å². The fourth-order valence-electron chi connectivity index (χ4n) is 3.16. The predicted octanol–water partition coefficient (Wildman–Crippen LogP) is 3.00. The molecule has 41 heavy (non-hydrogen) atoms. The zero-order valence-electron chi connectivity index (χ0n) is 21.9. The van der Waals surface area contributed by atoms with E-state index in [0.717, 1.165) is 11.1 Å². The lowest BCUT2D eigenvalue weighted by atomic mass is 9.99. The summed E-state index contributed by atoms with van der Waals surface area (Å²) in [6.07, 6.45) is -3.28. The Balaban J connectivity index is 0.00000106. The van der Waals surface area contributed by atoms with E-state index in [4.69, 9.17) is 9.90 Å². The fourth-order valence-corrected chi connectivity index (χ4v) is 3.16. The molecule has 14 heteroatoms. The van der Waals surface area contributed by atoms with Gasteiger partial charge >= 0.3 is 24.1 Å². The Morgan fingerprint density at radius 1 is 0.854 bits per heavy atom. The minimum absolute atomic E-state index is 0.133. The van der Waals surface area contributed by atoms with E-state index in [1.807, 2.05) is 42.5 Å². The predicted molar refractivity (Wildman–Crippen MR) is 143 cm³/mol.